The van der Waals surface area contributed by atoms with Gasteiger partial charge in [0.15, 0.2) is 10.8 Å². The Balaban J connectivity index is 1.29. The number of rotatable bonds is 7. The van der Waals surface area contributed by atoms with Crippen LogP contribution in [0.25, 0.3) is 10.8 Å². The third-order valence-corrected chi connectivity index (χ3v) is 6.83. The number of hydrogen-bond acceptors (Lipinski definition) is 5. The normalized spacial score (nSPS) is 15.8. The average Bonchev–Trinajstić information content (AvgIpc) is 3.52. The van der Waals surface area contributed by atoms with E-state index in [1.165, 1.54) is 23.3 Å². The number of nitrogens with zero attached hydrogens (tertiary/aromatic N) is 2. The van der Waals surface area contributed by atoms with E-state index in [0.29, 0.717) is 32.5 Å². The second-order valence-electron chi connectivity index (χ2n) is 8.18. The summed E-state index contributed by atoms with van der Waals surface area (Å²) in [5.74, 6) is 0.509. The van der Waals surface area contributed by atoms with Crippen molar-refractivity contribution in [2.45, 2.75) is 32.0 Å². The number of amides is 1. The van der Waals surface area contributed by atoms with E-state index in [0.717, 1.165) is 22.0 Å². The molecule has 4 aromatic rings. The van der Waals surface area contributed by atoms with Crippen molar-refractivity contribution >= 4 is 17.2 Å². The molecule has 1 unspecified atom stereocenters. The van der Waals surface area contributed by atoms with Gasteiger partial charge in [0.2, 0.25) is 5.91 Å². The van der Waals surface area contributed by atoms with Crippen LogP contribution in [0.15, 0.2) is 76.7 Å². The first kappa shape index (κ1) is 21.6. The Kier molecular flexibility index (Phi) is 6.32. The Morgan fingerprint density at radius 2 is 1.94 bits per heavy atom. The van der Waals surface area contributed by atoms with E-state index < -0.39 is 0 Å². The van der Waals surface area contributed by atoms with Crippen LogP contribution in [0.1, 0.15) is 22.4 Å². The number of carbonyl (C=O) groups is 1. The molecule has 3 heterocycles. The maximum atomic E-state index is 13.2. The van der Waals surface area contributed by atoms with Crippen LogP contribution in [0.3, 0.4) is 0 Å². The number of aromatic nitrogens is 1. The van der Waals surface area contributed by atoms with Crippen molar-refractivity contribution < 1.29 is 13.6 Å². The lowest BCUT2D eigenvalue weighted by Gasteiger charge is -2.35. The van der Waals surface area contributed by atoms with Gasteiger partial charge in [0, 0.05) is 25.0 Å². The fourth-order valence-corrected chi connectivity index (χ4v) is 4.98. The number of fused-ring (bicyclic) bond motifs is 1. The van der Waals surface area contributed by atoms with Gasteiger partial charge in [0.25, 0.3) is 0 Å². The van der Waals surface area contributed by atoms with Gasteiger partial charge >= 0.3 is 0 Å². The molecule has 0 saturated heterocycles. The second-order valence-corrected chi connectivity index (χ2v) is 9.04. The number of nitrogens with one attached hydrogen (secondary N) is 1. The smallest absolute Gasteiger partial charge is 0.237 e. The Labute approximate surface area is 195 Å². The molecule has 0 fully saturated rings. The molecule has 0 aliphatic carbocycles. The van der Waals surface area contributed by atoms with E-state index in [1.807, 2.05) is 29.6 Å². The molecule has 0 bridgehead atoms. The number of carbonyl (C=O) groups excluding carboxylic acids is 1. The lowest BCUT2D eigenvalue weighted by molar-refractivity contribution is -0.127. The molecule has 5 nitrogen and oxygen atoms in total. The molecule has 0 spiro atoms. The average molecular weight is 462 g/mol. The zero-order chi connectivity index (χ0) is 22.6. The maximum Gasteiger partial charge on any atom is 0.237 e. The first-order valence-electron chi connectivity index (χ1n) is 11.0. The molecule has 1 atom stereocenters. The van der Waals surface area contributed by atoms with Crippen LogP contribution in [0.4, 0.5) is 4.39 Å². The summed E-state index contributed by atoms with van der Waals surface area (Å²) in [5, 5.41) is 5.95. The third kappa shape index (κ3) is 5.05. The second kappa shape index (κ2) is 9.68. The van der Waals surface area contributed by atoms with Gasteiger partial charge in [-0.05, 0) is 53.8 Å². The first-order chi connectivity index (χ1) is 16.2. The molecule has 0 radical (unpaired) electrons. The highest BCUT2D eigenvalue weighted by Crippen LogP contribution is 2.28. The lowest BCUT2D eigenvalue weighted by Crippen LogP contribution is -2.50. The molecule has 2 aromatic carbocycles. The van der Waals surface area contributed by atoms with E-state index in [2.05, 4.69) is 22.3 Å². The SMILES string of the molecule is O=C(NCCc1ccc(F)cc1)C1Cc2ccccc2CN1Cc1csc(-c2ccco2)n1. The largest absolute Gasteiger partial charge is 0.462 e. The zero-order valence-electron chi connectivity index (χ0n) is 18.0. The van der Waals surface area contributed by atoms with Crippen molar-refractivity contribution in [3.05, 3.63) is 101 Å². The first-order valence-corrected chi connectivity index (χ1v) is 11.8. The highest BCUT2D eigenvalue weighted by molar-refractivity contribution is 7.13. The summed E-state index contributed by atoms with van der Waals surface area (Å²) in [6, 6.07) is 18.2. The number of furan rings is 1. The van der Waals surface area contributed by atoms with Crippen molar-refractivity contribution in [1.82, 2.24) is 15.2 Å². The Hall–Kier alpha value is -3.29. The van der Waals surface area contributed by atoms with Gasteiger partial charge in [-0.25, -0.2) is 9.37 Å². The van der Waals surface area contributed by atoms with E-state index in [4.69, 9.17) is 9.40 Å². The molecule has 1 N–H and O–H groups in total. The van der Waals surface area contributed by atoms with E-state index >= 15 is 0 Å². The summed E-state index contributed by atoms with van der Waals surface area (Å²) < 4.78 is 18.6. The number of halogens is 1. The maximum absolute atomic E-state index is 13.2. The van der Waals surface area contributed by atoms with Crippen LogP contribution >= 0.6 is 11.3 Å². The quantitative estimate of drug-likeness (QED) is 0.428. The van der Waals surface area contributed by atoms with E-state index in [9.17, 15) is 9.18 Å². The minimum absolute atomic E-state index is 0.00750. The van der Waals surface area contributed by atoms with E-state index in [-0.39, 0.29) is 17.8 Å². The standard InChI is InChI=1S/C26H24FN3O2S/c27-21-9-7-18(8-10-21)11-12-28-25(31)23-14-19-4-1-2-5-20(19)15-30(23)16-22-17-33-26(29-22)24-6-3-13-32-24/h1-10,13,17,23H,11-12,14-16H2,(H,28,31). The highest BCUT2D eigenvalue weighted by Gasteiger charge is 2.31. The molecule has 1 amide bonds. The molecule has 1 aliphatic heterocycles. The predicted octanol–water partition coefficient (Wildman–Crippen LogP) is 4.83. The van der Waals surface area contributed by atoms with Crippen LogP contribution in [0.5, 0.6) is 0 Å². The molecule has 168 valence electrons. The van der Waals surface area contributed by atoms with Gasteiger partial charge in [0.1, 0.15) is 5.82 Å². The molecule has 2 aromatic heterocycles. The lowest BCUT2D eigenvalue weighted by atomic mass is 9.93. The molecule has 33 heavy (non-hydrogen) atoms. The summed E-state index contributed by atoms with van der Waals surface area (Å²) in [6.45, 7) is 1.79. The van der Waals surface area contributed by atoms with Gasteiger partial charge < -0.3 is 9.73 Å². The highest BCUT2D eigenvalue weighted by atomic mass is 32.1. The third-order valence-electron chi connectivity index (χ3n) is 5.92. The van der Waals surface area contributed by atoms with Gasteiger partial charge in [-0.3, -0.25) is 9.69 Å². The van der Waals surface area contributed by atoms with Gasteiger partial charge in [-0.1, -0.05) is 36.4 Å². The molecular formula is C26H24FN3O2S. The molecule has 0 saturated carbocycles. The van der Waals surface area contributed by atoms with Crippen molar-refractivity contribution in [2.24, 2.45) is 0 Å². The number of hydrogen-bond donors (Lipinski definition) is 1. The fraction of sp³-hybridized carbons (Fsp3) is 0.231. The van der Waals surface area contributed by atoms with Crippen molar-refractivity contribution in [1.29, 1.82) is 0 Å². The van der Waals surface area contributed by atoms with Crippen molar-refractivity contribution in [2.75, 3.05) is 6.54 Å². The Bertz CT molecular complexity index is 1220. The van der Waals surface area contributed by atoms with Gasteiger partial charge in [-0.2, -0.15) is 0 Å². The minimum atomic E-state index is -0.276. The summed E-state index contributed by atoms with van der Waals surface area (Å²) >= 11 is 1.54. The zero-order valence-corrected chi connectivity index (χ0v) is 18.9. The van der Waals surface area contributed by atoms with Crippen LogP contribution in [-0.4, -0.2) is 28.4 Å². The molecule has 7 heteroatoms. The minimum Gasteiger partial charge on any atom is -0.462 e. The molecule has 1 aliphatic rings. The monoisotopic (exact) mass is 461 g/mol. The van der Waals surface area contributed by atoms with Gasteiger partial charge in [-0.15, -0.1) is 11.3 Å². The predicted molar refractivity (Wildman–Crippen MR) is 126 cm³/mol. The summed E-state index contributed by atoms with van der Waals surface area (Å²) in [4.78, 5) is 20.1. The number of benzene rings is 2. The summed E-state index contributed by atoms with van der Waals surface area (Å²) in [6.07, 6.45) is 2.96. The van der Waals surface area contributed by atoms with Crippen LogP contribution < -0.4 is 5.32 Å². The van der Waals surface area contributed by atoms with Crippen LogP contribution in [-0.2, 0) is 30.7 Å². The Morgan fingerprint density at radius 1 is 1.12 bits per heavy atom. The van der Waals surface area contributed by atoms with Crippen molar-refractivity contribution in [3.63, 3.8) is 0 Å². The summed E-state index contributed by atoms with van der Waals surface area (Å²) in [5.41, 5.74) is 4.38. The topological polar surface area (TPSA) is 58.4 Å². The molecule has 5 rings (SSSR count). The van der Waals surface area contributed by atoms with Crippen LogP contribution in [0, 0.1) is 5.82 Å². The Morgan fingerprint density at radius 3 is 2.73 bits per heavy atom. The summed E-state index contributed by atoms with van der Waals surface area (Å²) in [7, 11) is 0. The fourth-order valence-electron chi connectivity index (χ4n) is 4.20. The number of thiazole rings is 1. The van der Waals surface area contributed by atoms with Crippen LogP contribution in [0.2, 0.25) is 0 Å². The van der Waals surface area contributed by atoms with E-state index in [1.54, 1.807) is 29.7 Å². The molecular weight excluding hydrogens is 437 g/mol. The van der Waals surface area contributed by atoms with Crippen molar-refractivity contribution in [3.8, 4) is 10.8 Å². The van der Waals surface area contributed by atoms with Gasteiger partial charge in [0.05, 0.1) is 18.0 Å².